The van der Waals surface area contributed by atoms with Crippen molar-refractivity contribution in [2.45, 2.75) is 33.7 Å². The van der Waals surface area contributed by atoms with Crippen LogP contribution in [0.5, 0.6) is 0 Å². The minimum atomic E-state index is 0.303. The van der Waals surface area contributed by atoms with Crippen LogP contribution in [0.1, 0.15) is 36.8 Å². The standard InChI is InChI=1S/C15H20ClN3/c1-5-17-12(4)13-6-7-15(14(16)9-13)19-11(3)8-10(2)18-19/h6-9,12,17H,5H2,1-4H3. The van der Waals surface area contributed by atoms with Crippen LogP contribution in [0.25, 0.3) is 5.69 Å². The third-order valence-corrected chi connectivity index (χ3v) is 3.52. The molecule has 1 unspecified atom stereocenters. The van der Waals surface area contributed by atoms with Crippen molar-refractivity contribution in [1.29, 1.82) is 0 Å². The summed E-state index contributed by atoms with van der Waals surface area (Å²) in [7, 11) is 0. The number of rotatable bonds is 4. The fourth-order valence-electron chi connectivity index (χ4n) is 2.26. The Morgan fingerprint density at radius 3 is 2.58 bits per heavy atom. The molecular weight excluding hydrogens is 258 g/mol. The van der Waals surface area contributed by atoms with Gasteiger partial charge in [0, 0.05) is 11.7 Å². The SMILES string of the molecule is CCNC(C)c1ccc(-n2nc(C)cc2C)c(Cl)c1. The van der Waals surface area contributed by atoms with Crippen molar-refractivity contribution in [2.24, 2.45) is 0 Å². The zero-order chi connectivity index (χ0) is 14.0. The summed E-state index contributed by atoms with van der Waals surface area (Å²) in [5.74, 6) is 0. The highest BCUT2D eigenvalue weighted by molar-refractivity contribution is 6.32. The molecule has 0 saturated carbocycles. The maximum Gasteiger partial charge on any atom is 0.0835 e. The lowest BCUT2D eigenvalue weighted by molar-refractivity contribution is 0.598. The average molecular weight is 278 g/mol. The van der Waals surface area contributed by atoms with Crippen molar-refractivity contribution in [3.05, 3.63) is 46.2 Å². The van der Waals surface area contributed by atoms with Gasteiger partial charge in [-0.25, -0.2) is 4.68 Å². The number of hydrogen-bond donors (Lipinski definition) is 1. The zero-order valence-corrected chi connectivity index (χ0v) is 12.6. The zero-order valence-electron chi connectivity index (χ0n) is 11.9. The molecule has 2 rings (SSSR count). The molecule has 1 aromatic carbocycles. The normalized spacial score (nSPS) is 12.7. The van der Waals surface area contributed by atoms with E-state index in [9.17, 15) is 0 Å². The van der Waals surface area contributed by atoms with Crippen LogP contribution in [0.4, 0.5) is 0 Å². The number of nitrogens with one attached hydrogen (secondary N) is 1. The van der Waals surface area contributed by atoms with Gasteiger partial charge in [-0.3, -0.25) is 0 Å². The lowest BCUT2D eigenvalue weighted by Crippen LogP contribution is -2.17. The smallest absolute Gasteiger partial charge is 0.0835 e. The number of hydrogen-bond acceptors (Lipinski definition) is 2. The maximum absolute atomic E-state index is 6.40. The van der Waals surface area contributed by atoms with E-state index < -0.39 is 0 Å². The van der Waals surface area contributed by atoms with Crippen LogP contribution in [-0.4, -0.2) is 16.3 Å². The van der Waals surface area contributed by atoms with Gasteiger partial charge in [-0.15, -0.1) is 0 Å². The highest BCUT2D eigenvalue weighted by atomic mass is 35.5. The minimum absolute atomic E-state index is 0.303. The summed E-state index contributed by atoms with van der Waals surface area (Å²) in [6, 6.07) is 8.50. The molecule has 4 heteroatoms. The highest BCUT2D eigenvalue weighted by Crippen LogP contribution is 2.25. The van der Waals surface area contributed by atoms with E-state index in [0.717, 1.165) is 28.6 Å². The van der Waals surface area contributed by atoms with E-state index in [2.05, 4.69) is 30.3 Å². The summed E-state index contributed by atoms with van der Waals surface area (Å²) in [5, 5.41) is 8.58. The second-order valence-electron chi connectivity index (χ2n) is 4.83. The Bertz CT molecular complexity index is 575. The Kier molecular flexibility index (Phi) is 4.27. The highest BCUT2D eigenvalue weighted by Gasteiger charge is 2.11. The molecule has 0 aliphatic carbocycles. The Balaban J connectivity index is 2.37. The van der Waals surface area contributed by atoms with Crippen LogP contribution in [0.2, 0.25) is 5.02 Å². The number of halogens is 1. The molecule has 0 saturated heterocycles. The second kappa shape index (κ2) is 5.76. The molecule has 1 heterocycles. The van der Waals surface area contributed by atoms with E-state index in [1.807, 2.05) is 36.7 Å². The van der Waals surface area contributed by atoms with E-state index >= 15 is 0 Å². The third-order valence-electron chi connectivity index (χ3n) is 3.22. The van der Waals surface area contributed by atoms with Gasteiger partial charge in [0.15, 0.2) is 0 Å². The van der Waals surface area contributed by atoms with Gasteiger partial charge in [0.1, 0.15) is 0 Å². The first kappa shape index (κ1) is 14.1. The molecular formula is C15H20ClN3. The van der Waals surface area contributed by atoms with Gasteiger partial charge in [-0.05, 0) is 51.1 Å². The van der Waals surface area contributed by atoms with Crippen LogP contribution in [0.15, 0.2) is 24.3 Å². The molecule has 0 aliphatic heterocycles. The molecule has 0 spiro atoms. The van der Waals surface area contributed by atoms with Crippen LogP contribution in [0, 0.1) is 13.8 Å². The molecule has 0 amide bonds. The molecule has 19 heavy (non-hydrogen) atoms. The van der Waals surface area contributed by atoms with Gasteiger partial charge >= 0.3 is 0 Å². The Hall–Kier alpha value is -1.32. The molecule has 0 bridgehead atoms. The molecule has 3 nitrogen and oxygen atoms in total. The van der Waals surface area contributed by atoms with E-state index in [-0.39, 0.29) is 0 Å². The van der Waals surface area contributed by atoms with Gasteiger partial charge in [-0.1, -0.05) is 24.6 Å². The van der Waals surface area contributed by atoms with Gasteiger partial charge in [0.2, 0.25) is 0 Å². The number of aromatic nitrogens is 2. The average Bonchev–Trinajstić information content (AvgIpc) is 2.68. The van der Waals surface area contributed by atoms with E-state index in [1.165, 1.54) is 5.56 Å². The van der Waals surface area contributed by atoms with Crippen molar-refractivity contribution in [1.82, 2.24) is 15.1 Å². The number of aryl methyl sites for hydroxylation is 2. The predicted molar refractivity (Wildman–Crippen MR) is 80.1 cm³/mol. The summed E-state index contributed by atoms with van der Waals surface area (Å²) in [6.07, 6.45) is 0. The fourth-order valence-corrected chi connectivity index (χ4v) is 2.53. The monoisotopic (exact) mass is 277 g/mol. The van der Waals surface area contributed by atoms with Crippen molar-refractivity contribution in [2.75, 3.05) is 6.54 Å². The van der Waals surface area contributed by atoms with Gasteiger partial charge in [0.05, 0.1) is 16.4 Å². The summed E-state index contributed by atoms with van der Waals surface area (Å²) in [4.78, 5) is 0. The Morgan fingerprint density at radius 2 is 2.05 bits per heavy atom. The van der Waals surface area contributed by atoms with E-state index in [1.54, 1.807) is 0 Å². The fraction of sp³-hybridized carbons (Fsp3) is 0.400. The summed E-state index contributed by atoms with van der Waals surface area (Å²) in [5.41, 5.74) is 4.21. The van der Waals surface area contributed by atoms with Crippen LogP contribution in [-0.2, 0) is 0 Å². The lowest BCUT2D eigenvalue weighted by Gasteiger charge is -2.15. The molecule has 0 fully saturated rings. The predicted octanol–water partition coefficient (Wildman–Crippen LogP) is 3.81. The Morgan fingerprint density at radius 1 is 1.32 bits per heavy atom. The third kappa shape index (κ3) is 2.99. The molecule has 1 N–H and O–H groups in total. The topological polar surface area (TPSA) is 29.9 Å². The van der Waals surface area contributed by atoms with Crippen molar-refractivity contribution in [3.63, 3.8) is 0 Å². The van der Waals surface area contributed by atoms with E-state index in [0.29, 0.717) is 6.04 Å². The summed E-state index contributed by atoms with van der Waals surface area (Å²) >= 11 is 6.40. The molecule has 0 radical (unpaired) electrons. The largest absolute Gasteiger partial charge is 0.310 e. The molecule has 102 valence electrons. The first-order chi connectivity index (χ1) is 9.02. The maximum atomic E-state index is 6.40. The number of benzene rings is 1. The second-order valence-corrected chi connectivity index (χ2v) is 5.24. The molecule has 2 aromatic rings. The van der Waals surface area contributed by atoms with Crippen molar-refractivity contribution < 1.29 is 0 Å². The van der Waals surface area contributed by atoms with Gasteiger partial charge in [0.25, 0.3) is 0 Å². The van der Waals surface area contributed by atoms with E-state index in [4.69, 9.17) is 11.6 Å². The Labute approximate surface area is 119 Å². The molecule has 0 aliphatic rings. The summed E-state index contributed by atoms with van der Waals surface area (Å²) in [6.45, 7) is 9.20. The molecule has 1 atom stereocenters. The van der Waals surface area contributed by atoms with Crippen molar-refractivity contribution in [3.8, 4) is 5.69 Å². The van der Waals surface area contributed by atoms with Crippen LogP contribution in [0.3, 0.4) is 0 Å². The first-order valence-electron chi connectivity index (χ1n) is 6.59. The first-order valence-corrected chi connectivity index (χ1v) is 6.97. The van der Waals surface area contributed by atoms with Crippen LogP contribution >= 0.6 is 11.6 Å². The van der Waals surface area contributed by atoms with Crippen molar-refractivity contribution >= 4 is 11.6 Å². The van der Waals surface area contributed by atoms with Gasteiger partial charge < -0.3 is 5.32 Å². The summed E-state index contributed by atoms with van der Waals surface area (Å²) < 4.78 is 1.89. The molecule has 1 aromatic heterocycles. The minimum Gasteiger partial charge on any atom is -0.310 e. The van der Waals surface area contributed by atoms with Gasteiger partial charge in [-0.2, -0.15) is 5.10 Å². The number of nitrogens with zero attached hydrogens (tertiary/aromatic N) is 2. The quantitative estimate of drug-likeness (QED) is 0.921. The van der Waals surface area contributed by atoms with Crippen LogP contribution < -0.4 is 5.32 Å². The lowest BCUT2D eigenvalue weighted by atomic mass is 10.1.